The molecule has 0 spiro atoms. The fraction of sp³-hybridized carbons (Fsp3) is 0.458. The summed E-state index contributed by atoms with van der Waals surface area (Å²) in [5, 5.41) is 0.676. The van der Waals surface area contributed by atoms with E-state index < -0.39 is 15.7 Å². The molecule has 3 rings (SSSR count). The molecule has 0 aromatic heterocycles. The fourth-order valence-electron chi connectivity index (χ4n) is 4.12. The zero-order chi connectivity index (χ0) is 26.5. The molecule has 1 aliphatic rings. The van der Waals surface area contributed by atoms with Crippen LogP contribution >= 0.6 is 23.2 Å². The molecule has 0 radical (unpaired) electrons. The molecule has 1 fully saturated rings. The van der Waals surface area contributed by atoms with Crippen molar-refractivity contribution in [3.8, 4) is 17.2 Å². The van der Waals surface area contributed by atoms with Gasteiger partial charge in [-0.25, -0.2) is 0 Å². The van der Waals surface area contributed by atoms with Gasteiger partial charge in [0.2, 0.25) is 5.75 Å². The number of rotatable bonds is 9. The summed E-state index contributed by atoms with van der Waals surface area (Å²) < 4.78 is 50.7. The van der Waals surface area contributed by atoms with E-state index in [1.54, 1.807) is 35.2 Å². The maximum atomic E-state index is 13.7. The number of amides is 1. The van der Waals surface area contributed by atoms with E-state index in [9.17, 15) is 13.2 Å². The largest absolute Gasteiger partial charge is 0.493 e. The van der Waals surface area contributed by atoms with E-state index in [0.717, 1.165) is 6.26 Å². The van der Waals surface area contributed by atoms with Gasteiger partial charge in [-0.1, -0.05) is 29.3 Å². The molecule has 0 bridgehead atoms. The zero-order valence-electron chi connectivity index (χ0n) is 20.5. The van der Waals surface area contributed by atoms with Crippen LogP contribution in [0.4, 0.5) is 0 Å². The summed E-state index contributed by atoms with van der Waals surface area (Å²) in [5.74, 6) is 0.791. The Kier molecular flexibility index (Phi) is 9.34. The summed E-state index contributed by atoms with van der Waals surface area (Å²) in [5.41, 5.74) is -0.105. The van der Waals surface area contributed by atoms with Crippen LogP contribution < -0.4 is 14.2 Å². The first-order valence-corrected chi connectivity index (χ1v) is 13.6. The monoisotopic (exact) mass is 561 g/mol. The minimum atomic E-state index is -3.68. The summed E-state index contributed by atoms with van der Waals surface area (Å²) in [6.07, 6.45) is 1.69. The van der Waals surface area contributed by atoms with Gasteiger partial charge in [0, 0.05) is 25.1 Å². The smallest absolute Gasteiger partial charge is 0.264 e. The summed E-state index contributed by atoms with van der Waals surface area (Å²) in [4.78, 5) is 15.4. The molecule has 2 aromatic rings. The van der Waals surface area contributed by atoms with Gasteiger partial charge in [-0.15, -0.1) is 0 Å². The lowest BCUT2D eigenvalue weighted by atomic mass is 9.89. The van der Waals surface area contributed by atoms with Gasteiger partial charge < -0.3 is 23.8 Å². The van der Waals surface area contributed by atoms with Crippen LogP contribution in [0.15, 0.2) is 30.3 Å². The topological polar surface area (TPSA) is 101 Å². The normalized spacial score (nSPS) is 18.4. The second-order valence-corrected chi connectivity index (χ2v) is 10.7. The highest BCUT2D eigenvalue weighted by molar-refractivity contribution is 7.85. The van der Waals surface area contributed by atoms with Crippen LogP contribution in [0.1, 0.15) is 28.8 Å². The lowest BCUT2D eigenvalue weighted by Crippen LogP contribution is -2.44. The van der Waals surface area contributed by atoms with Crippen LogP contribution in [-0.4, -0.2) is 73.1 Å². The van der Waals surface area contributed by atoms with Crippen LogP contribution in [0.3, 0.4) is 0 Å². The van der Waals surface area contributed by atoms with Crippen molar-refractivity contribution in [2.75, 3.05) is 53.9 Å². The minimum absolute atomic E-state index is 0.119. The highest BCUT2D eigenvalue weighted by atomic mass is 35.5. The van der Waals surface area contributed by atoms with E-state index >= 15 is 0 Å². The van der Waals surface area contributed by atoms with E-state index in [4.69, 9.17) is 46.3 Å². The molecule has 36 heavy (non-hydrogen) atoms. The SMILES string of the molecule is COc1cc(C(=O)N2CCCO[C@](CCOS(C)(=O)=O)(c3ccc(Cl)c(Cl)c3)C2)cc(OC)c1OC. The third-order valence-corrected chi connectivity index (χ3v) is 7.18. The van der Waals surface area contributed by atoms with E-state index in [0.29, 0.717) is 58.0 Å². The number of halogens is 2. The van der Waals surface area contributed by atoms with Crippen molar-refractivity contribution >= 4 is 39.2 Å². The number of carbonyl (C=O) groups excluding carboxylic acids is 1. The molecule has 1 atom stereocenters. The quantitative estimate of drug-likeness (QED) is 0.421. The van der Waals surface area contributed by atoms with Gasteiger partial charge in [0.25, 0.3) is 16.0 Å². The van der Waals surface area contributed by atoms with Gasteiger partial charge in [-0.05, 0) is 36.2 Å². The minimum Gasteiger partial charge on any atom is -0.493 e. The van der Waals surface area contributed by atoms with Crippen LogP contribution in [0.25, 0.3) is 0 Å². The number of ether oxygens (including phenoxy) is 4. The molecular formula is C24H29Cl2NO8S. The number of hydrogen-bond donors (Lipinski definition) is 0. The van der Waals surface area contributed by atoms with Crippen LogP contribution in [0.5, 0.6) is 17.2 Å². The molecule has 0 saturated carbocycles. The number of benzene rings is 2. The van der Waals surface area contributed by atoms with Crippen molar-refractivity contribution in [3.63, 3.8) is 0 Å². The lowest BCUT2D eigenvalue weighted by Gasteiger charge is -2.36. The fourth-order valence-corrected chi connectivity index (χ4v) is 4.81. The van der Waals surface area contributed by atoms with Crippen LogP contribution in [0, 0.1) is 0 Å². The number of carbonyl (C=O) groups is 1. The zero-order valence-corrected chi connectivity index (χ0v) is 22.8. The van der Waals surface area contributed by atoms with Crippen molar-refractivity contribution in [2.45, 2.75) is 18.4 Å². The Labute approximate surface area is 221 Å². The Bertz CT molecular complexity index is 1180. The highest BCUT2D eigenvalue weighted by Gasteiger charge is 2.39. The maximum absolute atomic E-state index is 13.7. The number of nitrogens with zero attached hydrogens (tertiary/aromatic N) is 1. The molecule has 12 heteroatoms. The molecular weight excluding hydrogens is 533 g/mol. The van der Waals surface area contributed by atoms with E-state index in [-0.39, 0.29) is 25.5 Å². The highest BCUT2D eigenvalue weighted by Crippen LogP contribution is 2.40. The molecule has 0 N–H and O–H groups in total. The van der Waals surface area contributed by atoms with Gasteiger partial charge >= 0.3 is 0 Å². The third-order valence-electron chi connectivity index (χ3n) is 5.84. The molecule has 1 amide bonds. The van der Waals surface area contributed by atoms with Gasteiger partial charge in [0.15, 0.2) is 11.5 Å². The molecule has 0 aliphatic carbocycles. The molecule has 1 saturated heterocycles. The van der Waals surface area contributed by atoms with Gasteiger partial charge in [0.05, 0.1) is 50.8 Å². The first-order chi connectivity index (χ1) is 17.0. The first-order valence-electron chi connectivity index (χ1n) is 11.1. The third kappa shape index (κ3) is 6.54. The average Bonchev–Trinajstić information content (AvgIpc) is 3.07. The van der Waals surface area contributed by atoms with Crippen molar-refractivity contribution in [1.29, 1.82) is 0 Å². The van der Waals surface area contributed by atoms with Gasteiger partial charge in [-0.2, -0.15) is 8.42 Å². The predicted octanol–water partition coefficient (Wildman–Crippen LogP) is 4.14. The van der Waals surface area contributed by atoms with Gasteiger partial charge in [-0.3, -0.25) is 8.98 Å². The van der Waals surface area contributed by atoms with E-state index in [2.05, 4.69) is 0 Å². The maximum Gasteiger partial charge on any atom is 0.264 e. The summed E-state index contributed by atoms with van der Waals surface area (Å²) >= 11 is 12.4. The Morgan fingerprint density at radius 1 is 1.06 bits per heavy atom. The number of methoxy groups -OCH3 is 3. The lowest BCUT2D eigenvalue weighted by molar-refractivity contribution is -0.0613. The second-order valence-electron chi connectivity index (χ2n) is 8.24. The molecule has 1 heterocycles. The summed E-state index contributed by atoms with van der Waals surface area (Å²) in [6, 6.07) is 8.23. The first kappa shape index (κ1) is 28.3. The Balaban J connectivity index is 2.01. The van der Waals surface area contributed by atoms with Crippen molar-refractivity contribution in [2.24, 2.45) is 0 Å². The molecule has 198 valence electrons. The van der Waals surface area contributed by atoms with Crippen molar-refractivity contribution < 1.29 is 36.3 Å². The van der Waals surface area contributed by atoms with Crippen LogP contribution in [-0.2, 0) is 24.6 Å². The Morgan fingerprint density at radius 3 is 2.28 bits per heavy atom. The molecule has 1 aliphatic heterocycles. The van der Waals surface area contributed by atoms with Gasteiger partial charge in [0.1, 0.15) is 5.60 Å². The number of hydrogen-bond acceptors (Lipinski definition) is 8. The molecule has 2 aromatic carbocycles. The second kappa shape index (κ2) is 11.9. The Hall–Kier alpha value is -2.24. The van der Waals surface area contributed by atoms with Crippen molar-refractivity contribution in [3.05, 3.63) is 51.5 Å². The molecule has 0 unspecified atom stereocenters. The Morgan fingerprint density at radius 2 is 1.72 bits per heavy atom. The molecule has 9 nitrogen and oxygen atoms in total. The predicted molar refractivity (Wildman–Crippen MR) is 136 cm³/mol. The van der Waals surface area contributed by atoms with E-state index in [1.165, 1.54) is 21.3 Å². The summed E-state index contributed by atoms with van der Waals surface area (Å²) in [7, 11) is 0.758. The average molecular weight is 562 g/mol. The van der Waals surface area contributed by atoms with Crippen LogP contribution in [0.2, 0.25) is 10.0 Å². The van der Waals surface area contributed by atoms with Crippen molar-refractivity contribution in [1.82, 2.24) is 4.90 Å². The summed E-state index contributed by atoms with van der Waals surface area (Å²) in [6.45, 7) is 0.711. The standard InChI is InChI=1S/C24H29Cl2NO8S/c1-31-20-12-16(13-21(32-2)22(20)33-3)23(28)27-9-5-10-34-24(15-27,8-11-35-36(4,29)30)17-6-7-18(25)19(26)14-17/h6-7,12-14H,5,8-11,15H2,1-4H3/t24-/m0/s1. The van der Waals surface area contributed by atoms with E-state index in [1.807, 2.05) is 0 Å².